The van der Waals surface area contributed by atoms with Crippen LogP contribution >= 0.6 is 0 Å². The van der Waals surface area contributed by atoms with Crippen molar-refractivity contribution in [2.75, 3.05) is 33.2 Å². The summed E-state index contributed by atoms with van der Waals surface area (Å²) in [4.78, 5) is 13.9. The number of hydrogen-bond donors (Lipinski definition) is 1. The number of hydrogen-bond acceptors (Lipinski definition) is 2. The van der Waals surface area contributed by atoms with Crippen LogP contribution < -0.4 is 5.73 Å². The van der Waals surface area contributed by atoms with Crippen LogP contribution in [0.3, 0.4) is 0 Å². The minimum atomic E-state index is -4.34. The minimum absolute atomic E-state index is 0.335. The molecule has 0 radical (unpaired) electrons. The molecule has 1 saturated heterocycles. The Morgan fingerprint density at radius 2 is 2.07 bits per heavy atom. The molecule has 1 aliphatic heterocycles. The number of likely N-dealkylation sites (N-methyl/N-ethyl adjacent to an activating group) is 1. The van der Waals surface area contributed by atoms with Gasteiger partial charge < -0.3 is 15.5 Å². The number of alkyl halides is 3. The van der Waals surface area contributed by atoms with Gasteiger partial charge in [0.1, 0.15) is 0 Å². The summed E-state index contributed by atoms with van der Waals surface area (Å²) in [6.07, 6.45) is -4.34. The van der Waals surface area contributed by atoms with E-state index in [1.54, 1.807) is 7.05 Å². The number of amides is 2. The molecule has 1 atom stereocenters. The van der Waals surface area contributed by atoms with Gasteiger partial charge in [0, 0.05) is 33.2 Å². The summed E-state index contributed by atoms with van der Waals surface area (Å²) >= 11 is 0. The van der Waals surface area contributed by atoms with Gasteiger partial charge >= 0.3 is 12.2 Å². The van der Waals surface area contributed by atoms with Gasteiger partial charge in [-0.1, -0.05) is 0 Å². The molecule has 88 valence electrons. The zero-order valence-electron chi connectivity index (χ0n) is 8.42. The molecule has 4 nitrogen and oxygen atoms in total. The summed E-state index contributed by atoms with van der Waals surface area (Å²) in [5.74, 6) is -1.63. The number of rotatable bonds is 3. The van der Waals surface area contributed by atoms with Crippen molar-refractivity contribution in [2.45, 2.75) is 6.18 Å². The van der Waals surface area contributed by atoms with E-state index in [1.807, 2.05) is 0 Å². The van der Waals surface area contributed by atoms with Crippen molar-refractivity contribution in [1.82, 2.24) is 9.80 Å². The van der Waals surface area contributed by atoms with Crippen LogP contribution in [0.25, 0.3) is 0 Å². The number of nitrogens with zero attached hydrogens (tertiary/aromatic N) is 2. The number of nitrogens with two attached hydrogens (primary N) is 1. The molecule has 15 heavy (non-hydrogen) atoms. The fourth-order valence-corrected chi connectivity index (χ4v) is 1.45. The predicted molar refractivity (Wildman–Crippen MR) is 48.2 cm³/mol. The van der Waals surface area contributed by atoms with Crippen molar-refractivity contribution in [3.63, 3.8) is 0 Å². The van der Waals surface area contributed by atoms with Crippen LogP contribution in [0.5, 0.6) is 0 Å². The third kappa shape index (κ3) is 2.74. The zero-order chi connectivity index (χ0) is 11.6. The first kappa shape index (κ1) is 12.1. The number of carbonyl (C=O) groups is 1. The summed E-state index contributed by atoms with van der Waals surface area (Å²) in [5, 5.41) is 0. The lowest BCUT2D eigenvalue weighted by atomic mass is 10.1. The second kappa shape index (κ2) is 4.26. The van der Waals surface area contributed by atoms with Crippen molar-refractivity contribution in [3.05, 3.63) is 0 Å². The standard InChI is InChI=1S/C8H14F3N3O/c1-13-2-3-14(7(13)15)5-6(4-12)8(9,10)11/h6H,2-5,12H2,1H3. The minimum Gasteiger partial charge on any atom is -0.330 e. The highest BCUT2D eigenvalue weighted by Gasteiger charge is 2.41. The lowest BCUT2D eigenvalue weighted by molar-refractivity contribution is -0.174. The Kier molecular flexibility index (Phi) is 3.43. The Hall–Kier alpha value is -0.980. The third-order valence-electron chi connectivity index (χ3n) is 2.49. The van der Waals surface area contributed by atoms with E-state index < -0.39 is 18.6 Å². The molecular weight excluding hydrogens is 211 g/mol. The van der Waals surface area contributed by atoms with E-state index in [9.17, 15) is 18.0 Å². The largest absolute Gasteiger partial charge is 0.394 e. The van der Waals surface area contributed by atoms with Gasteiger partial charge in [0.15, 0.2) is 0 Å². The number of carbonyl (C=O) groups excluding carboxylic acids is 1. The van der Waals surface area contributed by atoms with Gasteiger partial charge in [0.25, 0.3) is 0 Å². The molecule has 1 fully saturated rings. The van der Waals surface area contributed by atoms with E-state index in [-0.39, 0.29) is 12.6 Å². The SMILES string of the molecule is CN1CCN(CC(CN)C(F)(F)F)C1=O. The van der Waals surface area contributed by atoms with Crippen molar-refractivity contribution < 1.29 is 18.0 Å². The second-order valence-corrected chi connectivity index (χ2v) is 3.62. The van der Waals surface area contributed by atoms with Gasteiger partial charge in [-0.3, -0.25) is 0 Å². The Morgan fingerprint density at radius 3 is 2.40 bits per heavy atom. The summed E-state index contributed by atoms with van der Waals surface area (Å²) in [5.41, 5.74) is 5.05. The molecule has 0 aromatic heterocycles. The van der Waals surface area contributed by atoms with Crippen LogP contribution in [-0.4, -0.2) is 55.2 Å². The summed E-state index contributed by atoms with van der Waals surface area (Å²) in [6.45, 7) is -0.0317. The lowest BCUT2D eigenvalue weighted by Crippen LogP contribution is -2.42. The van der Waals surface area contributed by atoms with Gasteiger partial charge in [-0.15, -0.1) is 0 Å². The Balaban J connectivity index is 2.57. The molecule has 2 amide bonds. The van der Waals surface area contributed by atoms with Crippen molar-refractivity contribution in [3.8, 4) is 0 Å². The maximum atomic E-state index is 12.4. The molecule has 0 aliphatic carbocycles. The van der Waals surface area contributed by atoms with Gasteiger partial charge in [-0.2, -0.15) is 13.2 Å². The fraction of sp³-hybridized carbons (Fsp3) is 0.875. The lowest BCUT2D eigenvalue weighted by Gasteiger charge is -2.24. The summed E-state index contributed by atoms with van der Waals surface area (Å²) in [6, 6.07) is -0.363. The Morgan fingerprint density at radius 1 is 1.47 bits per heavy atom. The van der Waals surface area contributed by atoms with Crippen LogP contribution in [0.15, 0.2) is 0 Å². The van der Waals surface area contributed by atoms with Crippen molar-refractivity contribution in [1.29, 1.82) is 0 Å². The average molecular weight is 225 g/mol. The maximum absolute atomic E-state index is 12.4. The molecule has 0 aromatic carbocycles. The van der Waals surface area contributed by atoms with Crippen LogP contribution in [0.4, 0.5) is 18.0 Å². The van der Waals surface area contributed by atoms with Gasteiger partial charge in [-0.05, 0) is 0 Å². The molecule has 2 N–H and O–H groups in total. The first-order valence-electron chi connectivity index (χ1n) is 4.63. The van der Waals surface area contributed by atoms with Gasteiger partial charge in [0.05, 0.1) is 5.92 Å². The molecule has 7 heteroatoms. The van der Waals surface area contributed by atoms with E-state index >= 15 is 0 Å². The third-order valence-corrected chi connectivity index (χ3v) is 2.49. The fourth-order valence-electron chi connectivity index (χ4n) is 1.45. The maximum Gasteiger partial charge on any atom is 0.394 e. The molecule has 1 unspecified atom stereocenters. The second-order valence-electron chi connectivity index (χ2n) is 3.62. The monoisotopic (exact) mass is 225 g/mol. The van der Waals surface area contributed by atoms with E-state index in [1.165, 1.54) is 9.80 Å². The molecule has 0 saturated carbocycles. The van der Waals surface area contributed by atoms with E-state index in [2.05, 4.69) is 0 Å². The molecule has 0 aromatic rings. The van der Waals surface area contributed by atoms with Crippen LogP contribution in [0, 0.1) is 5.92 Å². The average Bonchev–Trinajstić information content (AvgIpc) is 2.43. The Bertz CT molecular complexity index is 244. The van der Waals surface area contributed by atoms with E-state index in [0.29, 0.717) is 13.1 Å². The quantitative estimate of drug-likeness (QED) is 0.760. The van der Waals surface area contributed by atoms with Crippen LogP contribution in [0.1, 0.15) is 0 Å². The highest BCUT2D eigenvalue weighted by molar-refractivity contribution is 5.76. The molecule has 0 bridgehead atoms. The summed E-state index contributed by atoms with van der Waals surface area (Å²) < 4.78 is 37.1. The molecule has 1 heterocycles. The molecular formula is C8H14F3N3O. The highest BCUT2D eigenvalue weighted by Crippen LogP contribution is 2.26. The van der Waals surface area contributed by atoms with E-state index in [4.69, 9.17) is 5.73 Å². The first-order chi connectivity index (χ1) is 6.86. The number of halogens is 3. The smallest absolute Gasteiger partial charge is 0.330 e. The molecule has 0 spiro atoms. The molecule has 1 rings (SSSR count). The molecule has 1 aliphatic rings. The van der Waals surface area contributed by atoms with Gasteiger partial charge in [0.2, 0.25) is 0 Å². The van der Waals surface area contributed by atoms with Crippen LogP contribution in [-0.2, 0) is 0 Å². The van der Waals surface area contributed by atoms with Gasteiger partial charge in [-0.25, -0.2) is 4.79 Å². The van der Waals surface area contributed by atoms with E-state index in [0.717, 1.165) is 0 Å². The van der Waals surface area contributed by atoms with Crippen molar-refractivity contribution >= 4 is 6.03 Å². The van der Waals surface area contributed by atoms with Crippen LogP contribution in [0.2, 0.25) is 0 Å². The number of urea groups is 1. The first-order valence-corrected chi connectivity index (χ1v) is 4.63. The predicted octanol–water partition coefficient (Wildman–Crippen LogP) is 0.491. The Labute approximate surface area is 85.8 Å². The topological polar surface area (TPSA) is 49.6 Å². The zero-order valence-corrected chi connectivity index (χ0v) is 8.42. The highest BCUT2D eigenvalue weighted by atomic mass is 19.4. The van der Waals surface area contributed by atoms with Crippen molar-refractivity contribution in [2.24, 2.45) is 11.7 Å². The normalized spacial score (nSPS) is 19.9. The summed E-state index contributed by atoms with van der Waals surface area (Å²) in [7, 11) is 1.56.